The lowest BCUT2D eigenvalue weighted by Gasteiger charge is -2.39. The first-order valence-electron chi connectivity index (χ1n) is 14.4. The fraction of sp³-hybridized carbons (Fsp3) is 0.406. The third kappa shape index (κ3) is 7.21. The lowest BCUT2D eigenvalue weighted by atomic mass is 9.84. The van der Waals surface area contributed by atoms with Gasteiger partial charge in [0.05, 0.1) is 10.9 Å². The first-order chi connectivity index (χ1) is 19.8. The molecule has 1 unspecified atom stereocenters. The largest absolute Gasteiger partial charge is 0.481 e. The summed E-state index contributed by atoms with van der Waals surface area (Å²) in [6.07, 6.45) is 9.82. The summed E-state index contributed by atoms with van der Waals surface area (Å²) in [4.78, 5) is 30.8. The molecule has 1 aliphatic heterocycles. The minimum atomic E-state index is -3.69. The Balaban J connectivity index is 1.16. The van der Waals surface area contributed by atoms with Gasteiger partial charge in [0.15, 0.2) is 0 Å². The Kier molecular flexibility index (Phi) is 9.15. The van der Waals surface area contributed by atoms with Gasteiger partial charge in [-0.15, -0.1) is 0 Å². The average molecular weight is 576 g/mol. The number of sulfonamides is 1. The van der Waals surface area contributed by atoms with E-state index in [-0.39, 0.29) is 35.2 Å². The van der Waals surface area contributed by atoms with Crippen LogP contribution in [0, 0.1) is 5.92 Å². The molecular weight excluding hydrogens is 538 g/mol. The molecule has 2 fully saturated rings. The van der Waals surface area contributed by atoms with Crippen LogP contribution in [0.1, 0.15) is 68.5 Å². The number of aromatic nitrogens is 1. The number of rotatable bonds is 9. The molecule has 2 aliphatic rings. The highest BCUT2D eigenvalue weighted by Crippen LogP contribution is 2.35. The molecule has 41 heavy (non-hydrogen) atoms. The van der Waals surface area contributed by atoms with Crippen molar-refractivity contribution in [2.45, 2.75) is 74.8 Å². The van der Waals surface area contributed by atoms with Crippen LogP contribution in [0.15, 0.2) is 78.0 Å². The van der Waals surface area contributed by atoms with Crippen molar-refractivity contribution < 1.29 is 23.1 Å². The maximum Gasteiger partial charge on any atom is 0.303 e. The molecule has 1 aliphatic carbocycles. The molecule has 1 aromatic heterocycles. The van der Waals surface area contributed by atoms with E-state index in [1.54, 1.807) is 30.5 Å². The quantitative estimate of drug-likeness (QED) is 0.355. The number of piperidine rings is 1. The molecule has 0 bridgehead atoms. The number of hydrogen-bond donors (Lipinski definition) is 2. The summed E-state index contributed by atoms with van der Waals surface area (Å²) in [6.45, 7) is 0.760. The summed E-state index contributed by atoms with van der Waals surface area (Å²) < 4.78 is 29.2. The summed E-state index contributed by atoms with van der Waals surface area (Å²) >= 11 is 0. The molecule has 0 spiro atoms. The molecule has 9 heteroatoms. The summed E-state index contributed by atoms with van der Waals surface area (Å²) in [7, 11) is -3.69. The predicted octanol–water partition coefficient (Wildman–Crippen LogP) is 5.36. The van der Waals surface area contributed by atoms with Crippen LogP contribution in [-0.2, 0) is 26.0 Å². The van der Waals surface area contributed by atoms with E-state index in [0.717, 1.165) is 48.1 Å². The molecule has 0 radical (unpaired) electrons. The number of carboxylic acids is 1. The highest BCUT2D eigenvalue weighted by Gasteiger charge is 2.35. The lowest BCUT2D eigenvalue weighted by Crippen LogP contribution is -2.45. The van der Waals surface area contributed by atoms with Gasteiger partial charge in [0.2, 0.25) is 15.9 Å². The molecule has 1 saturated heterocycles. The number of carboxylic acid groups (broad SMARTS) is 1. The molecule has 2 aromatic carbocycles. The van der Waals surface area contributed by atoms with E-state index >= 15 is 0 Å². The molecule has 2 heterocycles. The van der Waals surface area contributed by atoms with Crippen LogP contribution in [0.5, 0.6) is 0 Å². The van der Waals surface area contributed by atoms with Crippen LogP contribution >= 0.6 is 0 Å². The second kappa shape index (κ2) is 13.0. The second-order valence-corrected chi connectivity index (χ2v) is 12.8. The van der Waals surface area contributed by atoms with Crippen LogP contribution in [-0.4, -0.2) is 47.9 Å². The first-order valence-corrected chi connectivity index (χ1v) is 15.9. The van der Waals surface area contributed by atoms with Gasteiger partial charge in [-0.05, 0) is 91.8 Å². The third-order valence-corrected chi connectivity index (χ3v) is 9.87. The summed E-state index contributed by atoms with van der Waals surface area (Å²) in [6, 6.07) is 18.3. The number of amides is 1. The molecule has 2 N–H and O–H groups in total. The zero-order valence-corrected chi connectivity index (χ0v) is 23.9. The van der Waals surface area contributed by atoms with E-state index in [4.69, 9.17) is 5.11 Å². The van der Waals surface area contributed by atoms with Crippen LogP contribution in [0.3, 0.4) is 0 Å². The van der Waals surface area contributed by atoms with Crippen molar-refractivity contribution >= 4 is 21.9 Å². The Morgan fingerprint density at radius 3 is 2.22 bits per heavy atom. The number of nitrogens with zero attached hydrogens (tertiary/aromatic N) is 2. The van der Waals surface area contributed by atoms with Gasteiger partial charge in [0.1, 0.15) is 0 Å². The summed E-state index contributed by atoms with van der Waals surface area (Å²) in [5, 5.41) is 8.86. The number of nitrogens with one attached hydrogen (secondary N) is 1. The number of pyridine rings is 1. The maximum absolute atomic E-state index is 13.5. The zero-order valence-electron chi connectivity index (χ0n) is 23.1. The van der Waals surface area contributed by atoms with E-state index in [1.807, 2.05) is 47.5 Å². The average Bonchev–Trinajstić information content (AvgIpc) is 3.00. The van der Waals surface area contributed by atoms with Crippen LogP contribution < -0.4 is 4.72 Å². The highest BCUT2D eigenvalue weighted by molar-refractivity contribution is 7.89. The van der Waals surface area contributed by atoms with Gasteiger partial charge in [-0.25, -0.2) is 13.1 Å². The number of hydrogen-bond acceptors (Lipinski definition) is 5. The van der Waals surface area contributed by atoms with Gasteiger partial charge in [0.25, 0.3) is 0 Å². The van der Waals surface area contributed by atoms with E-state index in [1.165, 1.54) is 0 Å². The van der Waals surface area contributed by atoms with Crippen molar-refractivity contribution in [2.24, 2.45) is 5.92 Å². The van der Waals surface area contributed by atoms with Crippen molar-refractivity contribution in [1.29, 1.82) is 0 Å². The van der Waals surface area contributed by atoms with E-state index < -0.39 is 16.0 Å². The number of carbonyl (C=O) groups is 2. The van der Waals surface area contributed by atoms with E-state index in [2.05, 4.69) is 9.71 Å². The topological polar surface area (TPSA) is 117 Å². The van der Waals surface area contributed by atoms with Gasteiger partial charge in [-0.1, -0.05) is 42.5 Å². The Hall–Kier alpha value is -3.56. The van der Waals surface area contributed by atoms with Crippen molar-refractivity contribution in [3.8, 4) is 11.1 Å². The highest BCUT2D eigenvalue weighted by atomic mass is 32.2. The molecule has 1 amide bonds. The SMILES string of the molecule is O=C(O)CCc1ccc(-c2ccc(S(=O)(=O)NC3CCC(C(=O)N4CCCCC4c4cccnc4)CC3)cc2)cc1. The zero-order chi connectivity index (χ0) is 28.8. The summed E-state index contributed by atoms with van der Waals surface area (Å²) in [5.41, 5.74) is 3.85. The van der Waals surface area contributed by atoms with Crippen molar-refractivity contribution in [3.63, 3.8) is 0 Å². The maximum atomic E-state index is 13.5. The number of carbonyl (C=O) groups excluding carboxylic acids is 1. The molecule has 5 rings (SSSR count). The third-order valence-electron chi connectivity index (χ3n) is 8.33. The van der Waals surface area contributed by atoms with Crippen molar-refractivity contribution in [3.05, 3.63) is 84.2 Å². The molecule has 1 saturated carbocycles. The Morgan fingerprint density at radius 1 is 0.902 bits per heavy atom. The predicted molar refractivity (Wildman–Crippen MR) is 156 cm³/mol. The first kappa shape index (κ1) is 29.0. The van der Waals surface area contributed by atoms with Crippen LogP contribution in [0.25, 0.3) is 11.1 Å². The number of benzene rings is 2. The van der Waals surface area contributed by atoms with E-state index in [9.17, 15) is 18.0 Å². The van der Waals surface area contributed by atoms with Crippen molar-refractivity contribution in [1.82, 2.24) is 14.6 Å². The number of aliphatic carboxylic acids is 1. The molecular formula is C32H37N3O5S. The Labute approximate surface area is 241 Å². The van der Waals surface area contributed by atoms with Crippen LogP contribution in [0.4, 0.5) is 0 Å². The molecule has 8 nitrogen and oxygen atoms in total. The van der Waals surface area contributed by atoms with Gasteiger partial charge >= 0.3 is 5.97 Å². The van der Waals surface area contributed by atoms with Gasteiger partial charge in [0, 0.05) is 37.3 Å². The Bertz CT molecular complexity index is 1430. The molecule has 3 aromatic rings. The minimum Gasteiger partial charge on any atom is -0.481 e. The fourth-order valence-corrected chi connectivity index (χ4v) is 7.34. The van der Waals surface area contributed by atoms with E-state index in [0.29, 0.717) is 32.1 Å². The van der Waals surface area contributed by atoms with Crippen LogP contribution in [0.2, 0.25) is 0 Å². The number of aryl methyl sites for hydroxylation is 1. The van der Waals surface area contributed by atoms with Crippen molar-refractivity contribution in [2.75, 3.05) is 6.54 Å². The molecule has 216 valence electrons. The normalized spacial score (nSPS) is 21.4. The minimum absolute atomic E-state index is 0.0685. The summed E-state index contributed by atoms with van der Waals surface area (Å²) in [5.74, 6) is -0.721. The fourth-order valence-electron chi connectivity index (χ4n) is 6.04. The monoisotopic (exact) mass is 575 g/mol. The number of likely N-dealkylation sites (tertiary alicyclic amines) is 1. The van der Waals surface area contributed by atoms with Gasteiger partial charge in [-0.3, -0.25) is 14.6 Å². The standard InChI is InChI=1S/C32H37N3O5S/c36-31(37)19-8-23-6-9-24(10-7-23)25-13-17-29(18-14-25)41(39,40)34-28-15-11-26(12-16-28)32(38)35-21-2-1-5-30(35)27-4-3-20-33-22-27/h3-4,6-7,9-10,13-14,17-18,20,22,26,28,30,34H,1-2,5,8,11-12,15-16,19,21H2,(H,36,37). The smallest absolute Gasteiger partial charge is 0.303 e. The van der Waals surface area contributed by atoms with Gasteiger partial charge < -0.3 is 10.0 Å². The van der Waals surface area contributed by atoms with Gasteiger partial charge in [-0.2, -0.15) is 0 Å². The molecule has 1 atom stereocenters. The second-order valence-electron chi connectivity index (χ2n) is 11.1. The Morgan fingerprint density at radius 2 is 1.59 bits per heavy atom. The lowest BCUT2D eigenvalue weighted by molar-refractivity contribution is -0.140.